The number of carbonyl (C=O) groups excluding carboxylic acids is 1. The zero-order valence-electron chi connectivity index (χ0n) is 9.11. The lowest BCUT2D eigenvalue weighted by Crippen LogP contribution is -2.39. The molecule has 0 bridgehead atoms. The fourth-order valence-electron chi connectivity index (χ4n) is 3.55. The van der Waals surface area contributed by atoms with Crippen molar-refractivity contribution < 1.29 is 14.7 Å². The molecule has 2 amide bonds. The molecule has 2 aliphatic carbocycles. The molecule has 0 spiro atoms. The summed E-state index contributed by atoms with van der Waals surface area (Å²) >= 11 is 0. The van der Waals surface area contributed by atoms with Gasteiger partial charge in [-0.1, -0.05) is 5.57 Å². The van der Waals surface area contributed by atoms with E-state index in [9.17, 15) is 9.59 Å². The Kier molecular flexibility index (Phi) is 2.06. The standard InChI is InChI=1S/C12H15NO3/c14-10-6-8-5-7-3-1-2-4-9(7)11(8)13(10)12(15)16/h8,11H,1-6H2,(H,15,16). The van der Waals surface area contributed by atoms with Crippen LogP contribution in [-0.2, 0) is 4.79 Å². The molecule has 1 saturated heterocycles. The van der Waals surface area contributed by atoms with Crippen LogP contribution in [0.3, 0.4) is 0 Å². The highest BCUT2D eigenvalue weighted by Gasteiger charge is 2.49. The van der Waals surface area contributed by atoms with Gasteiger partial charge in [0.25, 0.3) is 0 Å². The molecule has 86 valence electrons. The molecule has 0 aromatic rings. The molecule has 0 radical (unpaired) electrons. The van der Waals surface area contributed by atoms with Crippen LogP contribution in [0.2, 0.25) is 0 Å². The van der Waals surface area contributed by atoms with Gasteiger partial charge in [0.15, 0.2) is 0 Å². The van der Waals surface area contributed by atoms with Crippen molar-refractivity contribution in [3.63, 3.8) is 0 Å². The Morgan fingerprint density at radius 1 is 1.25 bits per heavy atom. The molecule has 0 aromatic heterocycles. The van der Waals surface area contributed by atoms with Crippen molar-refractivity contribution in [2.24, 2.45) is 5.92 Å². The van der Waals surface area contributed by atoms with E-state index in [0.717, 1.165) is 30.6 Å². The third kappa shape index (κ3) is 1.22. The van der Waals surface area contributed by atoms with Crippen molar-refractivity contribution in [1.29, 1.82) is 0 Å². The second-order valence-corrected chi connectivity index (χ2v) is 5.00. The molecule has 3 rings (SSSR count). The fourth-order valence-corrected chi connectivity index (χ4v) is 3.55. The molecule has 2 atom stereocenters. The Morgan fingerprint density at radius 3 is 2.75 bits per heavy atom. The van der Waals surface area contributed by atoms with Crippen LogP contribution in [-0.4, -0.2) is 28.0 Å². The number of allylic oxidation sites excluding steroid dienone is 1. The maximum absolute atomic E-state index is 11.6. The van der Waals surface area contributed by atoms with Crippen LogP contribution in [0.1, 0.15) is 38.5 Å². The molecular formula is C12H15NO3. The first-order chi connectivity index (χ1) is 7.68. The van der Waals surface area contributed by atoms with Gasteiger partial charge in [-0.05, 0) is 43.6 Å². The molecule has 0 aromatic carbocycles. The van der Waals surface area contributed by atoms with Gasteiger partial charge in [0.2, 0.25) is 5.91 Å². The van der Waals surface area contributed by atoms with Crippen LogP contribution < -0.4 is 0 Å². The van der Waals surface area contributed by atoms with Crippen LogP contribution >= 0.6 is 0 Å². The summed E-state index contributed by atoms with van der Waals surface area (Å²) < 4.78 is 0. The van der Waals surface area contributed by atoms with E-state index in [0.29, 0.717) is 6.42 Å². The highest BCUT2D eigenvalue weighted by molar-refractivity contribution is 5.94. The average Bonchev–Trinajstić information content (AvgIpc) is 2.71. The Morgan fingerprint density at radius 2 is 2.00 bits per heavy atom. The summed E-state index contributed by atoms with van der Waals surface area (Å²) in [5.41, 5.74) is 2.71. The van der Waals surface area contributed by atoms with E-state index in [4.69, 9.17) is 5.11 Å². The largest absolute Gasteiger partial charge is 0.465 e. The van der Waals surface area contributed by atoms with Crippen molar-refractivity contribution in [3.8, 4) is 0 Å². The summed E-state index contributed by atoms with van der Waals surface area (Å²) in [4.78, 5) is 23.8. The van der Waals surface area contributed by atoms with Gasteiger partial charge in [-0.25, -0.2) is 9.69 Å². The molecular weight excluding hydrogens is 206 g/mol. The fraction of sp³-hybridized carbons (Fsp3) is 0.667. The van der Waals surface area contributed by atoms with E-state index in [1.54, 1.807) is 0 Å². The van der Waals surface area contributed by atoms with E-state index in [1.165, 1.54) is 17.6 Å². The monoisotopic (exact) mass is 221 g/mol. The summed E-state index contributed by atoms with van der Waals surface area (Å²) in [6.45, 7) is 0. The van der Waals surface area contributed by atoms with E-state index in [2.05, 4.69) is 0 Å². The van der Waals surface area contributed by atoms with Crippen LogP contribution in [0.25, 0.3) is 0 Å². The van der Waals surface area contributed by atoms with Gasteiger partial charge in [0, 0.05) is 6.42 Å². The van der Waals surface area contributed by atoms with E-state index < -0.39 is 6.09 Å². The lowest BCUT2D eigenvalue weighted by atomic mass is 9.92. The van der Waals surface area contributed by atoms with Crippen LogP contribution in [0, 0.1) is 5.92 Å². The number of carboxylic acid groups (broad SMARTS) is 1. The van der Waals surface area contributed by atoms with Crippen LogP contribution in [0.15, 0.2) is 11.1 Å². The lowest BCUT2D eigenvalue weighted by Gasteiger charge is -2.24. The third-order valence-electron chi connectivity index (χ3n) is 4.13. The topological polar surface area (TPSA) is 57.6 Å². The van der Waals surface area contributed by atoms with Crippen LogP contribution in [0.4, 0.5) is 4.79 Å². The molecule has 2 unspecified atom stereocenters. The highest BCUT2D eigenvalue weighted by Crippen LogP contribution is 2.47. The Balaban J connectivity index is 1.97. The number of hydrogen-bond donors (Lipinski definition) is 1. The SMILES string of the molecule is O=C(O)N1C(=O)CC2CC3=C(CCCC3)C21. The zero-order chi connectivity index (χ0) is 11.3. The number of fused-ring (bicyclic) bond motifs is 2. The van der Waals surface area contributed by atoms with Gasteiger partial charge in [-0.15, -0.1) is 0 Å². The molecule has 0 saturated carbocycles. The lowest BCUT2D eigenvalue weighted by molar-refractivity contribution is -0.126. The quantitative estimate of drug-likeness (QED) is 0.638. The number of carbonyl (C=O) groups is 2. The summed E-state index contributed by atoms with van der Waals surface area (Å²) in [7, 11) is 0. The smallest absolute Gasteiger partial charge is 0.414 e. The van der Waals surface area contributed by atoms with Crippen molar-refractivity contribution in [3.05, 3.63) is 11.1 Å². The van der Waals surface area contributed by atoms with Crippen molar-refractivity contribution in [2.45, 2.75) is 44.6 Å². The summed E-state index contributed by atoms with van der Waals surface area (Å²) in [6.07, 6.45) is 4.77. The van der Waals surface area contributed by atoms with Crippen LogP contribution in [0.5, 0.6) is 0 Å². The van der Waals surface area contributed by atoms with Crippen molar-refractivity contribution in [1.82, 2.24) is 4.90 Å². The second-order valence-electron chi connectivity index (χ2n) is 5.00. The maximum atomic E-state index is 11.6. The normalized spacial score (nSPS) is 33.0. The van der Waals surface area contributed by atoms with Crippen molar-refractivity contribution in [2.75, 3.05) is 0 Å². The Hall–Kier alpha value is -1.32. The molecule has 1 aliphatic heterocycles. The predicted molar refractivity (Wildman–Crippen MR) is 56.9 cm³/mol. The van der Waals surface area contributed by atoms with Gasteiger partial charge in [-0.2, -0.15) is 0 Å². The first-order valence-electron chi connectivity index (χ1n) is 5.94. The number of hydrogen-bond acceptors (Lipinski definition) is 2. The molecule has 3 aliphatic rings. The number of imide groups is 1. The minimum atomic E-state index is -1.07. The van der Waals surface area contributed by atoms with Gasteiger partial charge in [0.05, 0.1) is 6.04 Å². The summed E-state index contributed by atoms with van der Waals surface area (Å²) in [5.74, 6) is 0.0336. The molecule has 1 fully saturated rings. The first kappa shape index (κ1) is 9.87. The van der Waals surface area contributed by atoms with Gasteiger partial charge < -0.3 is 5.11 Å². The molecule has 16 heavy (non-hydrogen) atoms. The number of nitrogens with zero attached hydrogens (tertiary/aromatic N) is 1. The van der Waals surface area contributed by atoms with E-state index in [1.807, 2.05) is 0 Å². The number of rotatable bonds is 0. The number of amides is 2. The first-order valence-corrected chi connectivity index (χ1v) is 5.94. The van der Waals surface area contributed by atoms with Gasteiger partial charge in [0.1, 0.15) is 0 Å². The minimum Gasteiger partial charge on any atom is -0.465 e. The van der Waals surface area contributed by atoms with Gasteiger partial charge in [-0.3, -0.25) is 4.79 Å². The summed E-state index contributed by atoms with van der Waals surface area (Å²) in [6, 6.07) is -0.111. The maximum Gasteiger partial charge on any atom is 0.414 e. The predicted octanol–water partition coefficient (Wildman–Crippen LogP) is 2.16. The second kappa shape index (κ2) is 3.34. The number of likely N-dealkylation sites (tertiary alicyclic amines) is 1. The Bertz CT molecular complexity index is 399. The summed E-state index contributed by atoms with van der Waals surface area (Å²) in [5, 5.41) is 9.10. The molecule has 4 heteroatoms. The third-order valence-corrected chi connectivity index (χ3v) is 4.13. The highest BCUT2D eigenvalue weighted by atomic mass is 16.4. The Labute approximate surface area is 93.9 Å². The van der Waals surface area contributed by atoms with E-state index in [-0.39, 0.29) is 17.9 Å². The van der Waals surface area contributed by atoms with Gasteiger partial charge >= 0.3 is 6.09 Å². The molecule has 1 heterocycles. The molecule has 4 nitrogen and oxygen atoms in total. The van der Waals surface area contributed by atoms with E-state index >= 15 is 0 Å². The van der Waals surface area contributed by atoms with Crippen molar-refractivity contribution >= 4 is 12.0 Å². The minimum absolute atomic E-state index is 0.111. The average molecular weight is 221 g/mol. The molecule has 1 N–H and O–H groups in total. The zero-order valence-corrected chi connectivity index (χ0v) is 9.11.